The second-order valence-corrected chi connectivity index (χ2v) is 6.47. The van der Waals surface area contributed by atoms with Crippen molar-refractivity contribution < 1.29 is 9.18 Å². The van der Waals surface area contributed by atoms with E-state index in [-0.39, 0.29) is 22.2 Å². The van der Waals surface area contributed by atoms with Crippen molar-refractivity contribution in [2.75, 3.05) is 5.75 Å². The minimum absolute atomic E-state index is 0.135. The summed E-state index contributed by atoms with van der Waals surface area (Å²) in [6.07, 6.45) is 2.91. The molecule has 2 aromatic carbocycles. The van der Waals surface area contributed by atoms with Crippen molar-refractivity contribution in [1.29, 1.82) is 0 Å². The number of amides is 1. The molecule has 0 bridgehead atoms. The molecule has 126 valence electrons. The molecule has 1 aromatic heterocycles. The number of carbonyl (C=O) groups is 1. The van der Waals surface area contributed by atoms with Crippen LogP contribution >= 0.6 is 23.4 Å². The van der Waals surface area contributed by atoms with E-state index in [2.05, 4.69) is 15.5 Å². The van der Waals surface area contributed by atoms with Gasteiger partial charge < -0.3 is 0 Å². The van der Waals surface area contributed by atoms with Crippen molar-refractivity contribution in [3.63, 3.8) is 0 Å². The van der Waals surface area contributed by atoms with Crippen molar-refractivity contribution in [3.8, 4) is 0 Å². The molecule has 1 amide bonds. The lowest BCUT2D eigenvalue weighted by Crippen LogP contribution is -2.19. The number of pyridine rings is 1. The van der Waals surface area contributed by atoms with Crippen molar-refractivity contribution in [1.82, 2.24) is 10.4 Å². The van der Waals surface area contributed by atoms with Gasteiger partial charge in [-0.25, -0.2) is 9.82 Å². The molecule has 3 aromatic rings. The van der Waals surface area contributed by atoms with Gasteiger partial charge in [-0.1, -0.05) is 35.9 Å². The molecule has 0 unspecified atom stereocenters. The molecule has 7 heteroatoms. The maximum absolute atomic E-state index is 13.6. The van der Waals surface area contributed by atoms with E-state index in [9.17, 15) is 9.18 Å². The summed E-state index contributed by atoms with van der Waals surface area (Å²) >= 11 is 7.25. The summed E-state index contributed by atoms with van der Waals surface area (Å²) < 4.78 is 13.6. The second kappa shape index (κ2) is 8.09. The van der Waals surface area contributed by atoms with E-state index >= 15 is 0 Å². The summed E-state index contributed by atoms with van der Waals surface area (Å²) in [6.45, 7) is 0. The highest BCUT2D eigenvalue weighted by Crippen LogP contribution is 2.25. The molecular weight excluding hydrogens is 361 g/mol. The zero-order valence-electron chi connectivity index (χ0n) is 12.9. The first kappa shape index (κ1) is 17.4. The van der Waals surface area contributed by atoms with Crippen LogP contribution in [0.2, 0.25) is 5.02 Å². The number of thioether (sulfide) groups is 1. The Morgan fingerprint density at radius 1 is 1.24 bits per heavy atom. The summed E-state index contributed by atoms with van der Waals surface area (Å²) in [4.78, 5) is 17.2. The van der Waals surface area contributed by atoms with Crippen LogP contribution in [0, 0.1) is 5.82 Å². The van der Waals surface area contributed by atoms with E-state index in [0.29, 0.717) is 0 Å². The number of carbonyl (C=O) groups excluding carboxylic acids is 1. The fourth-order valence-corrected chi connectivity index (χ4v) is 3.22. The van der Waals surface area contributed by atoms with Gasteiger partial charge in [-0.2, -0.15) is 5.10 Å². The molecule has 0 aliphatic rings. The number of nitrogens with one attached hydrogen (secondary N) is 1. The Morgan fingerprint density at radius 2 is 2.04 bits per heavy atom. The summed E-state index contributed by atoms with van der Waals surface area (Å²) in [5, 5.41) is 5.00. The maximum Gasteiger partial charge on any atom is 0.250 e. The largest absolute Gasteiger partial charge is 0.272 e. The Morgan fingerprint density at radius 3 is 2.88 bits per heavy atom. The quantitative estimate of drug-likeness (QED) is 0.413. The van der Waals surface area contributed by atoms with Gasteiger partial charge in [0.05, 0.1) is 22.5 Å². The number of para-hydroxylation sites is 1. The van der Waals surface area contributed by atoms with Crippen LogP contribution in [-0.4, -0.2) is 22.9 Å². The maximum atomic E-state index is 13.6. The lowest BCUT2D eigenvalue weighted by Gasteiger charge is -2.04. The van der Waals surface area contributed by atoms with E-state index in [4.69, 9.17) is 11.6 Å². The van der Waals surface area contributed by atoms with E-state index < -0.39 is 5.82 Å². The molecule has 0 atom stereocenters. The molecule has 1 heterocycles. The minimum Gasteiger partial charge on any atom is -0.272 e. The third kappa shape index (κ3) is 4.35. The van der Waals surface area contributed by atoms with Gasteiger partial charge in [0, 0.05) is 22.0 Å². The topological polar surface area (TPSA) is 54.4 Å². The number of rotatable bonds is 5. The predicted molar refractivity (Wildman–Crippen MR) is 99.6 cm³/mol. The van der Waals surface area contributed by atoms with Gasteiger partial charge in [0.1, 0.15) is 5.82 Å². The van der Waals surface area contributed by atoms with E-state index in [1.807, 2.05) is 30.3 Å². The summed E-state index contributed by atoms with van der Waals surface area (Å²) in [6, 6.07) is 14.0. The second-order valence-electron chi connectivity index (χ2n) is 5.05. The number of aromatic nitrogens is 1. The number of hydrazone groups is 1. The van der Waals surface area contributed by atoms with Gasteiger partial charge in [-0.05, 0) is 24.3 Å². The highest BCUT2D eigenvalue weighted by molar-refractivity contribution is 8.00. The lowest BCUT2D eigenvalue weighted by molar-refractivity contribution is -0.118. The first-order chi connectivity index (χ1) is 12.1. The number of benzene rings is 2. The molecule has 3 rings (SSSR count). The van der Waals surface area contributed by atoms with Gasteiger partial charge >= 0.3 is 0 Å². The van der Waals surface area contributed by atoms with Gasteiger partial charge in [0.15, 0.2) is 0 Å². The van der Waals surface area contributed by atoms with Crippen LogP contribution in [0.5, 0.6) is 0 Å². The van der Waals surface area contributed by atoms with Crippen LogP contribution in [0.25, 0.3) is 10.9 Å². The molecule has 1 N–H and O–H groups in total. The van der Waals surface area contributed by atoms with Crippen molar-refractivity contribution >= 4 is 46.4 Å². The van der Waals surface area contributed by atoms with Gasteiger partial charge in [-0.15, -0.1) is 11.8 Å². The molecular formula is C18H13ClFN3OS. The van der Waals surface area contributed by atoms with Crippen LogP contribution in [0.15, 0.2) is 64.7 Å². The van der Waals surface area contributed by atoms with Crippen LogP contribution in [0.1, 0.15) is 5.56 Å². The summed E-state index contributed by atoms with van der Waals surface area (Å²) in [7, 11) is 0. The van der Waals surface area contributed by atoms with E-state index in [1.54, 1.807) is 12.3 Å². The molecule has 0 saturated carbocycles. The molecule has 25 heavy (non-hydrogen) atoms. The number of fused-ring (bicyclic) bond motifs is 1. The molecule has 4 nitrogen and oxygen atoms in total. The molecule has 0 radical (unpaired) electrons. The van der Waals surface area contributed by atoms with Gasteiger partial charge in [-0.3, -0.25) is 9.78 Å². The van der Waals surface area contributed by atoms with Gasteiger partial charge in [0.25, 0.3) is 0 Å². The fourth-order valence-electron chi connectivity index (χ4n) is 2.17. The highest BCUT2D eigenvalue weighted by atomic mass is 35.5. The number of halogens is 2. The van der Waals surface area contributed by atoms with Crippen LogP contribution in [-0.2, 0) is 4.79 Å². The number of hydrogen-bond donors (Lipinski definition) is 1. The molecule has 0 fully saturated rings. The minimum atomic E-state index is -0.498. The third-order valence-corrected chi connectivity index (χ3v) is 4.71. The van der Waals surface area contributed by atoms with Crippen LogP contribution in [0.4, 0.5) is 4.39 Å². The van der Waals surface area contributed by atoms with Gasteiger partial charge in [0.2, 0.25) is 5.91 Å². The average molecular weight is 374 g/mol. The van der Waals surface area contributed by atoms with E-state index in [0.717, 1.165) is 15.8 Å². The Hall–Kier alpha value is -2.44. The average Bonchev–Trinajstić information content (AvgIpc) is 2.62. The summed E-state index contributed by atoms with van der Waals surface area (Å²) in [5.41, 5.74) is 3.35. The molecule has 0 saturated heterocycles. The van der Waals surface area contributed by atoms with Crippen LogP contribution in [0.3, 0.4) is 0 Å². The monoisotopic (exact) mass is 373 g/mol. The zero-order valence-corrected chi connectivity index (χ0v) is 14.5. The Labute approximate surface area is 153 Å². The first-order valence-electron chi connectivity index (χ1n) is 7.37. The smallest absolute Gasteiger partial charge is 0.250 e. The Balaban J connectivity index is 1.61. The zero-order chi connectivity index (χ0) is 17.6. The van der Waals surface area contributed by atoms with Crippen molar-refractivity contribution in [2.45, 2.75) is 4.90 Å². The Bertz CT molecular complexity index is 923. The molecule has 0 aliphatic carbocycles. The summed E-state index contributed by atoms with van der Waals surface area (Å²) in [5.74, 6) is -0.638. The SMILES string of the molecule is O=C(CSc1cccc2cccnc12)N/N=C\c1c(F)cccc1Cl. The fraction of sp³-hybridized carbons (Fsp3) is 0.0556. The standard InChI is InChI=1S/C18H13ClFN3OS/c19-14-6-2-7-15(20)13(14)10-22-23-17(24)11-25-16-8-1-4-12-5-3-9-21-18(12)16/h1-10H,11H2,(H,23,24)/b22-10-. The molecule has 0 spiro atoms. The lowest BCUT2D eigenvalue weighted by atomic mass is 10.2. The van der Waals surface area contributed by atoms with Crippen molar-refractivity contribution in [2.24, 2.45) is 5.10 Å². The van der Waals surface area contributed by atoms with Crippen molar-refractivity contribution in [3.05, 3.63) is 71.1 Å². The molecule has 0 aliphatic heterocycles. The normalized spacial score (nSPS) is 11.1. The third-order valence-electron chi connectivity index (χ3n) is 3.34. The highest BCUT2D eigenvalue weighted by Gasteiger charge is 2.07. The number of hydrogen-bond acceptors (Lipinski definition) is 4. The first-order valence-corrected chi connectivity index (χ1v) is 8.74. The van der Waals surface area contributed by atoms with Crippen LogP contribution < -0.4 is 5.43 Å². The predicted octanol–water partition coefficient (Wildman–Crippen LogP) is 4.27. The van der Waals surface area contributed by atoms with E-state index in [1.165, 1.54) is 30.1 Å². The Kier molecular flexibility index (Phi) is 5.63. The number of nitrogens with zero attached hydrogens (tertiary/aromatic N) is 2.